The predicted molar refractivity (Wildman–Crippen MR) is 139 cm³/mol. The van der Waals surface area contributed by atoms with E-state index in [0.29, 0.717) is 5.52 Å². The molecule has 0 saturated heterocycles. The fourth-order valence-corrected chi connectivity index (χ4v) is 5.00. The van der Waals surface area contributed by atoms with Crippen LogP contribution in [0.4, 0.5) is 4.39 Å². The van der Waals surface area contributed by atoms with Crippen molar-refractivity contribution in [1.29, 1.82) is 0 Å². The molecule has 0 bridgehead atoms. The van der Waals surface area contributed by atoms with E-state index in [4.69, 9.17) is 0 Å². The molecular formula is C29H30FN5O2. The number of fused-ring (bicyclic) bond motifs is 1. The Balaban J connectivity index is 1.50. The Hall–Kier alpha value is -4.07. The Kier molecular flexibility index (Phi) is 7.54. The summed E-state index contributed by atoms with van der Waals surface area (Å²) in [6, 6.07) is 22.0. The van der Waals surface area contributed by atoms with E-state index in [1.807, 2.05) is 54.6 Å². The molecule has 1 unspecified atom stereocenters. The van der Waals surface area contributed by atoms with Gasteiger partial charge in [0.05, 0.1) is 5.52 Å². The number of nitrogens with one attached hydrogen (secondary N) is 1. The first-order valence-electron chi connectivity index (χ1n) is 12.8. The summed E-state index contributed by atoms with van der Waals surface area (Å²) in [5.41, 5.74) is 2.87. The molecule has 3 aromatic carbocycles. The van der Waals surface area contributed by atoms with Gasteiger partial charge in [-0.1, -0.05) is 79.1 Å². The van der Waals surface area contributed by atoms with E-state index in [-0.39, 0.29) is 36.8 Å². The summed E-state index contributed by atoms with van der Waals surface area (Å²) < 4.78 is 15.2. The van der Waals surface area contributed by atoms with Crippen LogP contribution in [0.2, 0.25) is 0 Å². The largest absolute Gasteiger partial charge is 0.351 e. The van der Waals surface area contributed by atoms with Gasteiger partial charge in [-0.2, -0.15) is 0 Å². The highest BCUT2D eigenvalue weighted by Gasteiger charge is 2.33. The lowest BCUT2D eigenvalue weighted by atomic mass is 9.94. The third kappa shape index (κ3) is 5.85. The van der Waals surface area contributed by atoms with Gasteiger partial charge in [0.1, 0.15) is 23.9 Å². The summed E-state index contributed by atoms with van der Waals surface area (Å²) in [7, 11) is 0. The van der Waals surface area contributed by atoms with E-state index in [1.165, 1.54) is 18.6 Å². The summed E-state index contributed by atoms with van der Waals surface area (Å²) in [6.45, 7) is 0.0607. The van der Waals surface area contributed by atoms with Crippen molar-refractivity contribution >= 4 is 22.8 Å². The second-order valence-electron chi connectivity index (χ2n) is 9.54. The summed E-state index contributed by atoms with van der Waals surface area (Å²) >= 11 is 0. The molecule has 0 spiro atoms. The lowest BCUT2D eigenvalue weighted by Crippen LogP contribution is -2.47. The quantitative estimate of drug-likeness (QED) is 0.378. The Morgan fingerprint density at radius 3 is 2.41 bits per heavy atom. The average molecular weight is 500 g/mol. The fraction of sp³-hybridized carbons (Fsp3) is 0.310. The van der Waals surface area contributed by atoms with Gasteiger partial charge in [0.25, 0.3) is 0 Å². The van der Waals surface area contributed by atoms with E-state index in [1.54, 1.807) is 21.7 Å². The Morgan fingerprint density at radius 2 is 1.65 bits per heavy atom. The van der Waals surface area contributed by atoms with Crippen LogP contribution in [0.3, 0.4) is 0 Å². The molecule has 1 N–H and O–H groups in total. The van der Waals surface area contributed by atoms with Crippen LogP contribution in [0.5, 0.6) is 0 Å². The molecule has 5 rings (SSSR count). The highest BCUT2D eigenvalue weighted by atomic mass is 19.1. The minimum absolute atomic E-state index is 0.0816. The molecule has 8 heteroatoms. The molecule has 1 aromatic heterocycles. The molecule has 1 heterocycles. The predicted octanol–water partition coefficient (Wildman–Crippen LogP) is 4.79. The molecule has 0 radical (unpaired) electrons. The standard InChI is InChI=1S/C29H30FN5O2/c30-23-17-15-21(16-18-23)19-34(27(36)20-35-26-14-8-7-13-25(26)32-33-35)28(22-9-3-1-4-10-22)29(37)31-24-11-5-2-6-12-24/h1,3-4,7-10,13-18,24,28H,2,5-6,11-12,19-20H2,(H,31,37). The van der Waals surface area contributed by atoms with Gasteiger partial charge < -0.3 is 10.2 Å². The zero-order valence-electron chi connectivity index (χ0n) is 20.6. The van der Waals surface area contributed by atoms with Gasteiger partial charge in [-0.25, -0.2) is 9.07 Å². The van der Waals surface area contributed by atoms with Gasteiger partial charge in [-0.05, 0) is 48.2 Å². The highest BCUT2D eigenvalue weighted by molar-refractivity contribution is 5.89. The van der Waals surface area contributed by atoms with Gasteiger partial charge in [0, 0.05) is 12.6 Å². The summed E-state index contributed by atoms with van der Waals surface area (Å²) in [6.07, 6.45) is 5.21. The number of rotatable bonds is 8. The van der Waals surface area contributed by atoms with Crippen LogP contribution in [-0.2, 0) is 22.7 Å². The second kappa shape index (κ2) is 11.3. The van der Waals surface area contributed by atoms with E-state index in [2.05, 4.69) is 15.6 Å². The van der Waals surface area contributed by atoms with Crippen molar-refractivity contribution in [3.63, 3.8) is 0 Å². The van der Waals surface area contributed by atoms with Crippen molar-refractivity contribution in [2.24, 2.45) is 0 Å². The van der Waals surface area contributed by atoms with Gasteiger partial charge in [0.2, 0.25) is 11.8 Å². The molecule has 4 aromatic rings. The normalized spacial score (nSPS) is 14.8. The molecule has 1 fully saturated rings. The van der Waals surface area contributed by atoms with Crippen molar-refractivity contribution in [3.8, 4) is 0 Å². The average Bonchev–Trinajstić information content (AvgIpc) is 3.33. The maximum absolute atomic E-state index is 13.9. The summed E-state index contributed by atoms with van der Waals surface area (Å²) in [5, 5.41) is 11.5. The topological polar surface area (TPSA) is 80.1 Å². The van der Waals surface area contributed by atoms with Crippen molar-refractivity contribution in [1.82, 2.24) is 25.2 Å². The molecule has 37 heavy (non-hydrogen) atoms. The maximum Gasteiger partial charge on any atom is 0.247 e. The molecule has 190 valence electrons. The van der Waals surface area contributed by atoms with Crippen LogP contribution in [0.1, 0.15) is 49.3 Å². The minimum Gasteiger partial charge on any atom is -0.351 e. The van der Waals surface area contributed by atoms with Crippen molar-refractivity contribution in [3.05, 3.63) is 95.8 Å². The number of carbonyl (C=O) groups excluding carboxylic acids is 2. The molecule has 7 nitrogen and oxygen atoms in total. The minimum atomic E-state index is -0.851. The first kappa shape index (κ1) is 24.6. The van der Waals surface area contributed by atoms with Crippen molar-refractivity contribution in [2.45, 2.75) is 57.3 Å². The number of benzene rings is 3. The van der Waals surface area contributed by atoms with Crippen LogP contribution in [0.15, 0.2) is 78.9 Å². The van der Waals surface area contributed by atoms with Gasteiger partial charge in [-0.3, -0.25) is 9.59 Å². The van der Waals surface area contributed by atoms with E-state index < -0.39 is 6.04 Å². The number of hydrogen-bond acceptors (Lipinski definition) is 4. The molecular weight excluding hydrogens is 469 g/mol. The summed E-state index contributed by atoms with van der Waals surface area (Å²) in [5.74, 6) is -0.852. The number of carbonyl (C=O) groups is 2. The van der Waals surface area contributed by atoms with E-state index in [0.717, 1.165) is 42.3 Å². The van der Waals surface area contributed by atoms with Crippen LogP contribution >= 0.6 is 0 Å². The number of hydrogen-bond donors (Lipinski definition) is 1. The van der Waals surface area contributed by atoms with Crippen LogP contribution in [0, 0.1) is 5.82 Å². The number of nitrogens with zero attached hydrogens (tertiary/aromatic N) is 4. The van der Waals surface area contributed by atoms with Gasteiger partial charge in [0.15, 0.2) is 0 Å². The molecule has 2 amide bonds. The Morgan fingerprint density at radius 1 is 0.946 bits per heavy atom. The van der Waals surface area contributed by atoms with Gasteiger partial charge in [-0.15, -0.1) is 5.10 Å². The molecule has 1 atom stereocenters. The molecule has 1 aliphatic carbocycles. The first-order chi connectivity index (χ1) is 18.1. The lowest BCUT2D eigenvalue weighted by Gasteiger charge is -2.33. The van der Waals surface area contributed by atoms with Crippen LogP contribution in [0.25, 0.3) is 11.0 Å². The molecule has 1 aliphatic rings. The van der Waals surface area contributed by atoms with Crippen LogP contribution in [-0.4, -0.2) is 37.7 Å². The second-order valence-corrected chi connectivity index (χ2v) is 9.54. The molecule has 1 saturated carbocycles. The Labute approximate surface area is 215 Å². The maximum atomic E-state index is 13.9. The number of amides is 2. The van der Waals surface area contributed by atoms with Gasteiger partial charge >= 0.3 is 0 Å². The number of para-hydroxylation sites is 1. The Bertz CT molecular complexity index is 1350. The third-order valence-corrected chi connectivity index (χ3v) is 6.92. The third-order valence-electron chi connectivity index (χ3n) is 6.92. The smallest absolute Gasteiger partial charge is 0.247 e. The van der Waals surface area contributed by atoms with Crippen molar-refractivity contribution in [2.75, 3.05) is 0 Å². The SMILES string of the molecule is O=C(NC1CCCCC1)C(c1ccccc1)N(Cc1ccc(F)cc1)C(=O)Cn1nnc2ccccc21. The van der Waals surface area contributed by atoms with Crippen molar-refractivity contribution < 1.29 is 14.0 Å². The summed E-state index contributed by atoms with van der Waals surface area (Å²) in [4.78, 5) is 29.3. The zero-order valence-corrected chi connectivity index (χ0v) is 20.6. The number of halogens is 1. The van der Waals surface area contributed by atoms with E-state index >= 15 is 0 Å². The lowest BCUT2D eigenvalue weighted by molar-refractivity contribution is -0.142. The van der Waals surface area contributed by atoms with Crippen LogP contribution < -0.4 is 5.32 Å². The first-order valence-corrected chi connectivity index (χ1v) is 12.8. The monoisotopic (exact) mass is 499 g/mol. The highest BCUT2D eigenvalue weighted by Crippen LogP contribution is 2.26. The fourth-order valence-electron chi connectivity index (χ4n) is 5.00. The number of aromatic nitrogens is 3. The van der Waals surface area contributed by atoms with E-state index in [9.17, 15) is 14.0 Å². The molecule has 0 aliphatic heterocycles. The zero-order chi connectivity index (χ0) is 25.6.